The van der Waals surface area contributed by atoms with Crippen molar-refractivity contribution in [2.75, 3.05) is 0 Å². The number of nitrogens with zero attached hydrogens (tertiary/aromatic N) is 3. The third-order valence-corrected chi connectivity index (χ3v) is 3.27. The van der Waals surface area contributed by atoms with E-state index in [1.165, 1.54) is 11.3 Å². The molecule has 3 rings (SSSR count). The van der Waals surface area contributed by atoms with E-state index in [-0.39, 0.29) is 0 Å². The van der Waals surface area contributed by atoms with Crippen molar-refractivity contribution in [2.24, 2.45) is 0 Å². The first-order valence-corrected chi connectivity index (χ1v) is 6.02. The minimum atomic E-state index is 0.472. The van der Waals surface area contributed by atoms with Crippen molar-refractivity contribution in [2.45, 2.75) is 0 Å². The zero-order valence-electron chi connectivity index (χ0n) is 7.45. The van der Waals surface area contributed by atoms with Gasteiger partial charge in [0.2, 0.25) is 5.82 Å². The summed E-state index contributed by atoms with van der Waals surface area (Å²) in [7, 11) is 0. The van der Waals surface area contributed by atoms with Gasteiger partial charge in [-0.15, -0.1) is 22.7 Å². The molecule has 0 aliphatic heterocycles. The predicted octanol–water partition coefficient (Wildman–Crippen LogP) is 2.92. The van der Waals surface area contributed by atoms with Crippen LogP contribution >= 0.6 is 22.7 Å². The highest BCUT2D eigenvalue weighted by Gasteiger charge is 2.11. The van der Waals surface area contributed by atoms with Gasteiger partial charge in [0.1, 0.15) is 5.69 Å². The lowest BCUT2D eigenvalue weighted by atomic mass is 10.4. The summed E-state index contributed by atoms with van der Waals surface area (Å²) in [6.45, 7) is 0. The molecule has 4 nitrogen and oxygen atoms in total. The molecule has 0 amide bonds. The largest absolute Gasteiger partial charge is 0.332 e. The first-order valence-electron chi connectivity index (χ1n) is 4.19. The summed E-state index contributed by atoms with van der Waals surface area (Å²) in [5, 5.41) is 7.76. The van der Waals surface area contributed by atoms with Gasteiger partial charge in [-0.05, 0) is 11.4 Å². The lowest BCUT2D eigenvalue weighted by Crippen LogP contribution is -1.77. The second-order valence-electron chi connectivity index (χ2n) is 2.77. The molecule has 74 valence electrons. The number of thiophene rings is 1. The zero-order chi connectivity index (χ0) is 10.1. The van der Waals surface area contributed by atoms with Crippen LogP contribution in [0.4, 0.5) is 0 Å². The van der Waals surface area contributed by atoms with Gasteiger partial charge in [0.25, 0.3) is 5.89 Å². The SMILES string of the molecule is c1csc(-c2noc(-c3cscn3)n2)c1. The van der Waals surface area contributed by atoms with Gasteiger partial charge in [0.15, 0.2) is 0 Å². The van der Waals surface area contributed by atoms with E-state index >= 15 is 0 Å². The second-order valence-corrected chi connectivity index (χ2v) is 4.44. The van der Waals surface area contributed by atoms with Crippen LogP contribution in [0.3, 0.4) is 0 Å². The van der Waals surface area contributed by atoms with Crippen molar-refractivity contribution >= 4 is 22.7 Å². The highest BCUT2D eigenvalue weighted by molar-refractivity contribution is 7.13. The van der Waals surface area contributed by atoms with Crippen molar-refractivity contribution in [3.63, 3.8) is 0 Å². The Bertz CT molecular complexity index is 493. The van der Waals surface area contributed by atoms with Gasteiger partial charge in [-0.1, -0.05) is 11.2 Å². The first-order chi connectivity index (χ1) is 7.43. The van der Waals surface area contributed by atoms with Crippen LogP contribution in [-0.2, 0) is 0 Å². The highest BCUT2D eigenvalue weighted by Crippen LogP contribution is 2.24. The molecule has 0 N–H and O–H groups in total. The van der Waals surface area contributed by atoms with Crippen LogP contribution in [0.1, 0.15) is 0 Å². The van der Waals surface area contributed by atoms with Gasteiger partial charge in [0, 0.05) is 5.38 Å². The maximum absolute atomic E-state index is 5.12. The molecule has 0 aliphatic rings. The number of thiazole rings is 1. The first kappa shape index (κ1) is 8.75. The minimum absolute atomic E-state index is 0.472. The molecule has 0 bridgehead atoms. The van der Waals surface area contributed by atoms with Crippen molar-refractivity contribution in [1.29, 1.82) is 0 Å². The lowest BCUT2D eigenvalue weighted by molar-refractivity contribution is 0.431. The monoisotopic (exact) mass is 235 g/mol. The normalized spacial score (nSPS) is 10.7. The van der Waals surface area contributed by atoms with Crippen LogP contribution in [0, 0.1) is 0 Å². The topological polar surface area (TPSA) is 51.8 Å². The molecular weight excluding hydrogens is 230 g/mol. The van der Waals surface area contributed by atoms with Gasteiger partial charge >= 0.3 is 0 Å². The Morgan fingerprint density at radius 3 is 3.07 bits per heavy atom. The zero-order valence-corrected chi connectivity index (χ0v) is 9.09. The smallest absolute Gasteiger partial charge is 0.277 e. The Balaban J connectivity index is 2.02. The van der Waals surface area contributed by atoms with Crippen LogP contribution in [0.15, 0.2) is 32.9 Å². The highest BCUT2D eigenvalue weighted by atomic mass is 32.1. The third kappa shape index (κ3) is 1.57. The van der Waals surface area contributed by atoms with Crippen LogP contribution < -0.4 is 0 Å². The van der Waals surface area contributed by atoms with E-state index in [4.69, 9.17) is 4.52 Å². The average Bonchev–Trinajstić information content (AvgIpc) is 3.02. The lowest BCUT2D eigenvalue weighted by Gasteiger charge is -1.82. The number of rotatable bonds is 2. The summed E-state index contributed by atoms with van der Waals surface area (Å²) in [6, 6.07) is 3.92. The molecule has 3 aromatic heterocycles. The molecule has 0 saturated carbocycles. The van der Waals surface area contributed by atoms with E-state index in [1.54, 1.807) is 16.8 Å². The number of hydrogen-bond donors (Lipinski definition) is 0. The maximum Gasteiger partial charge on any atom is 0.277 e. The standard InChI is InChI=1S/C9H5N3OS2/c1-2-7(15-3-1)8-11-9(13-12-8)6-4-14-5-10-6/h1-5H. The summed E-state index contributed by atoms with van der Waals surface area (Å²) >= 11 is 3.09. The molecule has 6 heteroatoms. The molecule has 0 aromatic carbocycles. The van der Waals surface area contributed by atoms with Crippen LogP contribution in [0.25, 0.3) is 22.3 Å². The van der Waals surface area contributed by atoms with Crippen molar-refractivity contribution in [1.82, 2.24) is 15.1 Å². The van der Waals surface area contributed by atoms with Crippen LogP contribution in [-0.4, -0.2) is 15.1 Å². The second kappa shape index (κ2) is 3.56. The van der Waals surface area contributed by atoms with Crippen LogP contribution in [0.2, 0.25) is 0 Å². The molecule has 0 atom stereocenters. The predicted molar refractivity (Wildman–Crippen MR) is 58.7 cm³/mol. The van der Waals surface area contributed by atoms with E-state index < -0.39 is 0 Å². The van der Waals surface area contributed by atoms with Crippen molar-refractivity contribution < 1.29 is 4.52 Å². The molecule has 3 heterocycles. The summed E-state index contributed by atoms with van der Waals surface area (Å²) in [5.74, 6) is 1.09. The fourth-order valence-electron chi connectivity index (χ4n) is 1.15. The van der Waals surface area contributed by atoms with Gasteiger partial charge in [-0.2, -0.15) is 4.98 Å². The maximum atomic E-state index is 5.12. The fraction of sp³-hybridized carbons (Fsp3) is 0. The Hall–Kier alpha value is -1.53. The van der Waals surface area contributed by atoms with Crippen LogP contribution in [0.5, 0.6) is 0 Å². The van der Waals surface area contributed by atoms with Crippen molar-refractivity contribution in [3.05, 3.63) is 28.4 Å². The molecule has 0 fully saturated rings. The Morgan fingerprint density at radius 1 is 1.33 bits per heavy atom. The molecule has 0 radical (unpaired) electrons. The molecule has 3 aromatic rings. The molecule has 0 spiro atoms. The van der Waals surface area contributed by atoms with E-state index in [0.29, 0.717) is 11.7 Å². The van der Waals surface area contributed by atoms with E-state index in [0.717, 1.165) is 10.6 Å². The molecule has 0 unspecified atom stereocenters. The Morgan fingerprint density at radius 2 is 2.33 bits per heavy atom. The Kier molecular flexibility index (Phi) is 2.08. The molecule has 0 saturated heterocycles. The van der Waals surface area contributed by atoms with Gasteiger partial charge in [0.05, 0.1) is 10.4 Å². The summed E-state index contributed by atoms with van der Waals surface area (Å²) in [6.07, 6.45) is 0. The summed E-state index contributed by atoms with van der Waals surface area (Å²) < 4.78 is 5.12. The summed E-state index contributed by atoms with van der Waals surface area (Å²) in [5.41, 5.74) is 2.47. The summed E-state index contributed by atoms with van der Waals surface area (Å²) in [4.78, 5) is 9.38. The molecular formula is C9H5N3OS2. The molecule has 15 heavy (non-hydrogen) atoms. The van der Waals surface area contributed by atoms with E-state index in [2.05, 4.69) is 15.1 Å². The minimum Gasteiger partial charge on any atom is -0.332 e. The van der Waals surface area contributed by atoms with Gasteiger partial charge in [-0.25, -0.2) is 4.98 Å². The fourth-order valence-corrected chi connectivity index (χ4v) is 2.33. The number of hydrogen-bond acceptors (Lipinski definition) is 6. The third-order valence-electron chi connectivity index (χ3n) is 1.82. The van der Waals surface area contributed by atoms with Gasteiger partial charge < -0.3 is 4.52 Å². The molecule has 0 aliphatic carbocycles. The van der Waals surface area contributed by atoms with Crippen molar-refractivity contribution in [3.8, 4) is 22.3 Å². The Labute approximate surface area is 93.2 Å². The average molecular weight is 235 g/mol. The quantitative estimate of drug-likeness (QED) is 0.685. The van der Waals surface area contributed by atoms with E-state index in [1.807, 2.05) is 22.9 Å². The number of aromatic nitrogens is 3. The van der Waals surface area contributed by atoms with Gasteiger partial charge in [-0.3, -0.25) is 0 Å². The van der Waals surface area contributed by atoms with E-state index in [9.17, 15) is 0 Å².